The van der Waals surface area contributed by atoms with Crippen LogP contribution in [0.25, 0.3) is 0 Å². The van der Waals surface area contributed by atoms with Crippen molar-refractivity contribution in [2.45, 2.75) is 38.7 Å². The molecule has 1 atom stereocenters. The zero-order chi connectivity index (χ0) is 15.3. The molecule has 1 unspecified atom stereocenters. The first-order chi connectivity index (χ1) is 9.97. The molecule has 0 aliphatic heterocycles. The van der Waals surface area contributed by atoms with Gasteiger partial charge in [-0.2, -0.15) is 11.3 Å². The normalized spacial score (nSPS) is 13.9. The summed E-state index contributed by atoms with van der Waals surface area (Å²) in [4.78, 5) is 14.5. The molecule has 3 nitrogen and oxygen atoms in total. The van der Waals surface area contributed by atoms with Gasteiger partial charge in [-0.25, -0.2) is 0 Å². The van der Waals surface area contributed by atoms with Gasteiger partial charge in [0.05, 0.1) is 6.54 Å². The Morgan fingerprint density at radius 1 is 1.38 bits per heavy atom. The van der Waals surface area contributed by atoms with E-state index in [-0.39, 0.29) is 12.5 Å². The zero-order valence-electron chi connectivity index (χ0n) is 12.4. The molecule has 5 heteroatoms. The van der Waals surface area contributed by atoms with Crippen LogP contribution in [0.2, 0.25) is 0 Å². The SMILES string of the molecule is Cc1ccc(CCCC(=O)NCC(C)(O)c2ccsc2)s1. The Bertz CT molecular complexity index is 573. The largest absolute Gasteiger partial charge is 0.384 e. The summed E-state index contributed by atoms with van der Waals surface area (Å²) >= 11 is 3.33. The van der Waals surface area contributed by atoms with Crippen molar-refractivity contribution in [1.82, 2.24) is 5.32 Å². The number of aryl methyl sites for hydroxylation is 2. The predicted octanol–water partition coefficient (Wildman–Crippen LogP) is 3.46. The van der Waals surface area contributed by atoms with Crippen LogP contribution in [0.15, 0.2) is 29.0 Å². The van der Waals surface area contributed by atoms with Crippen molar-refractivity contribution in [2.24, 2.45) is 0 Å². The van der Waals surface area contributed by atoms with Crippen LogP contribution in [0.5, 0.6) is 0 Å². The molecule has 0 saturated carbocycles. The van der Waals surface area contributed by atoms with Gasteiger partial charge in [0.25, 0.3) is 0 Å². The van der Waals surface area contributed by atoms with Crippen LogP contribution in [0.4, 0.5) is 0 Å². The molecule has 0 saturated heterocycles. The molecule has 21 heavy (non-hydrogen) atoms. The molecule has 114 valence electrons. The van der Waals surface area contributed by atoms with Crippen LogP contribution >= 0.6 is 22.7 Å². The van der Waals surface area contributed by atoms with Gasteiger partial charge in [0.1, 0.15) is 5.60 Å². The van der Waals surface area contributed by atoms with Gasteiger partial charge >= 0.3 is 0 Å². The summed E-state index contributed by atoms with van der Waals surface area (Å²) in [5, 5.41) is 17.0. The minimum Gasteiger partial charge on any atom is -0.384 e. The van der Waals surface area contributed by atoms with E-state index in [1.165, 1.54) is 9.75 Å². The second-order valence-electron chi connectivity index (χ2n) is 5.43. The molecule has 0 spiro atoms. The highest BCUT2D eigenvalue weighted by Gasteiger charge is 2.23. The van der Waals surface area contributed by atoms with E-state index in [4.69, 9.17) is 0 Å². The summed E-state index contributed by atoms with van der Waals surface area (Å²) in [5.41, 5.74) is -0.151. The molecule has 0 aliphatic carbocycles. The Labute approximate surface area is 133 Å². The molecule has 1 amide bonds. The minimum atomic E-state index is -0.999. The van der Waals surface area contributed by atoms with Crippen molar-refractivity contribution < 1.29 is 9.90 Å². The second-order valence-corrected chi connectivity index (χ2v) is 7.58. The fraction of sp³-hybridized carbons (Fsp3) is 0.438. The number of hydrogen-bond donors (Lipinski definition) is 2. The first kappa shape index (κ1) is 16.2. The van der Waals surface area contributed by atoms with E-state index in [0.29, 0.717) is 6.42 Å². The van der Waals surface area contributed by atoms with Crippen molar-refractivity contribution in [1.29, 1.82) is 0 Å². The third kappa shape index (κ3) is 4.95. The lowest BCUT2D eigenvalue weighted by molar-refractivity contribution is -0.122. The molecule has 0 bridgehead atoms. The number of nitrogens with one attached hydrogen (secondary N) is 1. The molecule has 2 heterocycles. The molecular formula is C16H21NO2S2. The summed E-state index contributed by atoms with van der Waals surface area (Å²) in [7, 11) is 0. The highest BCUT2D eigenvalue weighted by molar-refractivity contribution is 7.11. The Morgan fingerprint density at radius 3 is 2.81 bits per heavy atom. The summed E-state index contributed by atoms with van der Waals surface area (Å²) in [6.07, 6.45) is 2.27. The smallest absolute Gasteiger partial charge is 0.220 e. The Hall–Kier alpha value is -1.17. The average molecular weight is 323 g/mol. The molecule has 0 aliphatic rings. The van der Waals surface area contributed by atoms with Crippen molar-refractivity contribution in [3.63, 3.8) is 0 Å². The van der Waals surface area contributed by atoms with Crippen LogP contribution in [-0.4, -0.2) is 17.6 Å². The zero-order valence-corrected chi connectivity index (χ0v) is 14.0. The number of amides is 1. The third-order valence-corrected chi connectivity index (χ3v) is 5.14. The van der Waals surface area contributed by atoms with Crippen molar-refractivity contribution >= 4 is 28.6 Å². The minimum absolute atomic E-state index is 0.00113. The van der Waals surface area contributed by atoms with E-state index in [1.54, 1.807) is 29.6 Å². The summed E-state index contributed by atoms with van der Waals surface area (Å²) in [6, 6.07) is 6.12. The predicted molar refractivity (Wildman–Crippen MR) is 88.9 cm³/mol. The topological polar surface area (TPSA) is 49.3 Å². The van der Waals surface area contributed by atoms with Gasteiger partial charge in [-0.15, -0.1) is 11.3 Å². The van der Waals surface area contributed by atoms with Crippen LogP contribution in [0, 0.1) is 6.92 Å². The maximum Gasteiger partial charge on any atom is 0.220 e. The lowest BCUT2D eigenvalue weighted by Gasteiger charge is -2.22. The van der Waals surface area contributed by atoms with Gasteiger partial charge in [0.2, 0.25) is 5.91 Å². The summed E-state index contributed by atoms with van der Waals surface area (Å²) in [5.74, 6) is -0.00113. The quantitative estimate of drug-likeness (QED) is 0.820. The first-order valence-electron chi connectivity index (χ1n) is 7.04. The van der Waals surface area contributed by atoms with Crippen LogP contribution in [0.3, 0.4) is 0 Å². The molecular weight excluding hydrogens is 302 g/mol. The average Bonchev–Trinajstić information content (AvgIpc) is 3.08. The van der Waals surface area contributed by atoms with Gasteiger partial charge in [-0.1, -0.05) is 0 Å². The maximum atomic E-state index is 11.8. The van der Waals surface area contributed by atoms with E-state index < -0.39 is 5.60 Å². The number of hydrogen-bond acceptors (Lipinski definition) is 4. The summed E-state index contributed by atoms with van der Waals surface area (Å²) in [6.45, 7) is 4.07. The van der Waals surface area contributed by atoms with Gasteiger partial charge in [-0.05, 0) is 61.2 Å². The lowest BCUT2D eigenvalue weighted by atomic mass is 9.99. The fourth-order valence-electron chi connectivity index (χ4n) is 2.07. The van der Waals surface area contributed by atoms with Gasteiger partial charge in [-0.3, -0.25) is 4.79 Å². The Kier molecular flexibility index (Phi) is 5.56. The second kappa shape index (κ2) is 7.20. The van der Waals surface area contributed by atoms with Crippen molar-refractivity contribution in [2.75, 3.05) is 6.54 Å². The molecule has 0 aromatic carbocycles. The van der Waals surface area contributed by atoms with Crippen molar-refractivity contribution in [3.8, 4) is 0 Å². The third-order valence-electron chi connectivity index (χ3n) is 3.40. The molecule has 0 radical (unpaired) electrons. The molecule has 2 aromatic heterocycles. The monoisotopic (exact) mass is 323 g/mol. The number of thiophene rings is 2. The van der Waals surface area contributed by atoms with E-state index in [0.717, 1.165) is 18.4 Å². The van der Waals surface area contributed by atoms with E-state index >= 15 is 0 Å². The Balaban J connectivity index is 1.70. The molecule has 2 aromatic rings. The summed E-state index contributed by atoms with van der Waals surface area (Å²) < 4.78 is 0. The number of aliphatic hydroxyl groups is 1. The van der Waals surface area contributed by atoms with E-state index in [9.17, 15) is 9.90 Å². The molecule has 2 N–H and O–H groups in total. The maximum absolute atomic E-state index is 11.8. The van der Waals surface area contributed by atoms with Crippen molar-refractivity contribution in [3.05, 3.63) is 44.3 Å². The highest BCUT2D eigenvalue weighted by Crippen LogP contribution is 2.22. The first-order valence-corrected chi connectivity index (χ1v) is 8.80. The van der Waals surface area contributed by atoms with Crippen LogP contribution in [-0.2, 0) is 16.8 Å². The number of carbonyl (C=O) groups excluding carboxylic acids is 1. The van der Waals surface area contributed by atoms with Gasteiger partial charge < -0.3 is 10.4 Å². The molecule has 0 fully saturated rings. The van der Waals surface area contributed by atoms with Gasteiger partial charge in [0.15, 0.2) is 0 Å². The van der Waals surface area contributed by atoms with E-state index in [2.05, 4.69) is 24.4 Å². The van der Waals surface area contributed by atoms with Gasteiger partial charge in [0, 0.05) is 16.2 Å². The lowest BCUT2D eigenvalue weighted by Crippen LogP contribution is -2.38. The Morgan fingerprint density at radius 2 is 2.19 bits per heavy atom. The van der Waals surface area contributed by atoms with Crippen LogP contribution < -0.4 is 5.32 Å². The number of rotatable bonds is 7. The molecule has 2 rings (SSSR count). The standard InChI is InChI=1S/C16H21NO2S2/c1-12-6-7-14(21-12)4-3-5-15(18)17-11-16(2,19)13-8-9-20-10-13/h6-10,19H,3-5,11H2,1-2H3,(H,17,18). The van der Waals surface area contributed by atoms with E-state index in [1.807, 2.05) is 16.8 Å². The fourth-order valence-corrected chi connectivity index (χ4v) is 3.79. The number of carbonyl (C=O) groups is 1. The van der Waals surface area contributed by atoms with Crippen LogP contribution in [0.1, 0.15) is 35.1 Å². The highest BCUT2D eigenvalue weighted by atomic mass is 32.1.